The molecule has 19 heavy (non-hydrogen) atoms. The van der Waals surface area contributed by atoms with E-state index in [-0.39, 0.29) is 17.9 Å². The van der Waals surface area contributed by atoms with Crippen LogP contribution in [-0.2, 0) is 9.59 Å². The first kappa shape index (κ1) is 16.0. The Bertz CT molecular complexity index is 348. The normalized spacial score (nSPS) is 24.6. The van der Waals surface area contributed by atoms with Gasteiger partial charge in [-0.1, -0.05) is 34.6 Å². The minimum atomic E-state index is -0.694. The lowest BCUT2D eigenvalue weighted by Crippen LogP contribution is -2.69. The molecular formula is C15H28N2O2. The fraction of sp³-hybridized carbons (Fsp3) is 0.867. The topological polar surface area (TPSA) is 49.4 Å². The van der Waals surface area contributed by atoms with Gasteiger partial charge in [-0.3, -0.25) is 9.59 Å². The van der Waals surface area contributed by atoms with Crippen LogP contribution in [0.5, 0.6) is 0 Å². The molecule has 0 radical (unpaired) electrons. The van der Waals surface area contributed by atoms with Crippen LogP contribution in [0, 0.1) is 11.8 Å². The van der Waals surface area contributed by atoms with Crippen LogP contribution in [0.25, 0.3) is 0 Å². The predicted molar refractivity (Wildman–Crippen MR) is 76.6 cm³/mol. The Labute approximate surface area is 116 Å². The second kappa shape index (κ2) is 5.93. The molecule has 0 spiro atoms. The molecule has 0 aromatic carbocycles. The molecule has 1 saturated heterocycles. The van der Waals surface area contributed by atoms with E-state index in [0.29, 0.717) is 31.2 Å². The molecule has 0 aromatic rings. The van der Waals surface area contributed by atoms with Gasteiger partial charge in [-0.25, -0.2) is 0 Å². The van der Waals surface area contributed by atoms with Gasteiger partial charge in [0, 0.05) is 6.54 Å². The quantitative estimate of drug-likeness (QED) is 0.831. The van der Waals surface area contributed by atoms with Crippen molar-refractivity contribution in [2.75, 3.05) is 6.54 Å². The van der Waals surface area contributed by atoms with E-state index in [2.05, 4.69) is 26.1 Å². The molecule has 1 heterocycles. The zero-order valence-corrected chi connectivity index (χ0v) is 13.1. The van der Waals surface area contributed by atoms with E-state index >= 15 is 0 Å². The van der Waals surface area contributed by atoms with Crippen molar-refractivity contribution in [1.29, 1.82) is 0 Å². The highest BCUT2D eigenvalue weighted by atomic mass is 16.2. The Morgan fingerprint density at radius 3 is 2.16 bits per heavy atom. The molecule has 4 heteroatoms. The molecular weight excluding hydrogens is 240 g/mol. The first-order valence-corrected chi connectivity index (χ1v) is 7.42. The highest BCUT2D eigenvalue weighted by Crippen LogP contribution is 2.26. The summed E-state index contributed by atoms with van der Waals surface area (Å²) in [7, 11) is 0. The van der Waals surface area contributed by atoms with Gasteiger partial charge in [0.1, 0.15) is 11.6 Å². The number of hydrogen-bond acceptors (Lipinski definition) is 2. The van der Waals surface area contributed by atoms with Gasteiger partial charge in [0.25, 0.3) is 0 Å². The first-order valence-electron chi connectivity index (χ1n) is 7.42. The SMILES string of the molecule is CCC1(CC)NC(=O)C(C)N(CC(C)C(C)C)C1=O. The maximum atomic E-state index is 12.7. The molecule has 0 aromatic heterocycles. The van der Waals surface area contributed by atoms with Crippen LogP contribution >= 0.6 is 0 Å². The molecule has 1 aliphatic heterocycles. The van der Waals surface area contributed by atoms with Crippen molar-refractivity contribution >= 4 is 11.8 Å². The average Bonchev–Trinajstić information content (AvgIpc) is 2.38. The molecule has 4 nitrogen and oxygen atoms in total. The van der Waals surface area contributed by atoms with Crippen molar-refractivity contribution in [3.8, 4) is 0 Å². The first-order chi connectivity index (χ1) is 8.79. The lowest BCUT2D eigenvalue weighted by molar-refractivity contribution is -0.155. The highest BCUT2D eigenvalue weighted by molar-refractivity contribution is 5.99. The molecule has 2 unspecified atom stereocenters. The van der Waals surface area contributed by atoms with Gasteiger partial charge >= 0.3 is 0 Å². The Balaban J connectivity index is 2.99. The van der Waals surface area contributed by atoms with E-state index < -0.39 is 5.54 Å². The van der Waals surface area contributed by atoms with Gasteiger partial charge in [0.05, 0.1) is 0 Å². The van der Waals surface area contributed by atoms with E-state index in [9.17, 15) is 9.59 Å². The van der Waals surface area contributed by atoms with Crippen molar-refractivity contribution in [3.05, 3.63) is 0 Å². The van der Waals surface area contributed by atoms with Crippen molar-refractivity contribution in [1.82, 2.24) is 10.2 Å². The molecule has 2 amide bonds. The fourth-order valence-electron chi connectivity index (χ4n) is 2.48. The summed E-state index contributed by atoms with van der Waals surface area (Å²) in [6.07, 6.45) is 1.29. The molecule has 0 aliphatic carbocycles. The molecule has 0 saturated carbocycles. The minimum absolute atomic E-state index is 0.0285. The van der Waals surface area contributed by atoms with Gasteiger partial charge in [-0.2, -0.15) is 0 Å². The molecule has 110 valence electrons. The lowest BCUT2D eigenvalue weighted by Gasteiger charge is -2.45. The monoisotopic (exact) mass is 268 g/mol. The van der Waals surface area contributed by atoms with Crippen molar-refractivity contribution in [2.45, 2.75) is 66.0 Å². The zero-order chi connectivity index (χ0) is 14.8. The third kappa shape index (κ3) is 2.93. The number of piperazine rings is 1. The summed E-state index contributed by atoms with van der Waals surface area (Å²) in [4.78, 5) is 26.6. The predicted octanol–water partition coefficient (Wildman–Crippen LogP) is 2.18. The van der Waals surface area contributed by atoms with E-state index in [1.807, 2.05) is 20.8 Å². The van der Waals surface area contributed by atoms with Crippen molar-refractivity contribution < 1.29 is 9.59 Å². The van der Waals surface area contributed by atoms with E-state index in [1.54, 1.807) is 4.90 Å². The smallest absolute Gasteiger partial charge is 0.248 e. The largest absolute Gasteiger partial charge is 0.340 e. The minimum Gasteiger partial charge on any atom is -0.340 e. The van der Waals surface area contributed by atoms with E-state index in [0.717, 1.165) is 0 Å². The average molecular weight is 268 g/mol. The van der Waals surface area contributed by atoms with Crippen molar-refractivity contribution in [2.24, 2.45) is 11.8 Å². The molecule has 0 bridgehead atoms. The lowest BCUT2D eigenvalue weighted by atomic mass is 9.86. The summed E-state index contributed by atoms with van der Waals surface area (Å²) < 4.78 is 0. The van der Waals surface area contributed by atoms with Crippen LogP contribution < -0.4 is 5.32 Å². The van der Waals surface area contributed by atoms with Crippen molar-refractivity contribution in [3.63, 3.8) is 0 Å². The number of nitrogens with one attached hydrogen (secondary N) is 1. The Kier molecular flexibility index (Phi) is 4.99. The van der Waals surface area contributed by atoms with Crippen LogP contribution in [0.15, 0.2) is 0 Å². The van der Waals surface area contributed by atoms with E-state index in [1.165, 1.54) is 0 Å². The third-order valence-electron chi connectivity index (χ3n) is 4.71. The van der Waals surface area contributed by atoms with Gasteiger partial charge < -0.3 is 10.2 Å². The second-order valence-corrected chi connectivity index (χ2v) is 6.13. The number of rotatable bonds is 5. The highest BCUT2D eigenvalue weighted by Gasteiger charge is 2.47. The molecule has 1 rings (SSSR count). The Hall–Kier alpha value is -1.06. The maximum absolute atomic E-state index is 12.7. The number of carbonyl (C=O) groups is 2. The maximum Gasteiger partial charge on any atom is 0.248 e. The summed E-state index contributed by atoms with van der Waals surface area (Å²) >= 11 is 0. The van der Waals surface area contributed by atoms with Gasteiger partial charge in [0.2, 0.25) is 11.8 Å². The van der Waals surface area contributed by atoms with Gasteiger partial charge in [-0.15, -0.1) is 0 Å². The summed E-state index contributed by atoms with van der Waals surface area (Å²) in [5.41, 5.74) is -0.694. The molecule has 1 aliphatic rings. The van der Waals surface area contributed by atoms with E-state index in [4.69, 9.17) is 0 Å². The number of nitrogens with zero attached hydrogens (tertiary/aromatic N) is 1. The summed E-state index contributed by atoms with van der Waals surface area (Å²) in [6.45, 7) is 12.8. The molecule has 2 atom stereocenters. The van der Waals surface area contributed by atoms with Crippen LogP contribution in [0.2, 0.25) is 0 Å². The van der Waals surface area contributed by atoms with Crippen LogP contribution in [0.3, 0.4) is 0 Å². The summed E-state index contributed by atoms with van der Waals surface area (Å²) in [5, 5.41) is 2.93. The Morgan fingerprint density at radius 1 is 1.21 bits per heavy atom. The molecule has 1 fully saturated rings. The van der Waals surface area contributed by atoms with Crippen LogP contribution in [-0.4, -0.2) is 34.8 Å². The standard InChI is InChI=1S/C15H28N2O2/c1-7-15(8-2)14(19)17(9-11(5)10(3)4)12(6)13(18)16-15/h10-12H,7-9H2,1-6H3,(H,16,18). The third-order valence-corrected chi connectivity index (χ3v) is 4.71. The number of hydrogen-bond donors (Lipinski definition) is 1. The Morgan fingerprint density at radius 2 is 1.74 bits per heavy atom. The van der Waals surface area contributed by atoms with Crippen LogP contribution in [0.1, 0.15) is 54.4 Å². The fourth-order valence-corrected chi connectivity index (χ4v) is 2.48. The van der Waals surface area contributed by atoms with Gasteiger partial charge in [0.15, 0.2) is 0 Å². The molecule has 1 N–H and O–H groups in total. The van der Waals surface area contributed by atoms with Gasteiger partial charge in [-0.05, 0) is 31.6 Å². The number of carbonyl (C=O) groups excluding carboxylic acids is 2. The zero-order valence-electron chi connectivity index (χ0n) is 13.1. The summed E-state index contributed by atoms with van der Waals surface area (Å²) in [6, 6.07) is -0.361. The van der Waals surface area contributed by atoms with Crippen LogP contribution in [0.4, 0.5) is 0 Å². The number of amides is 2. The second-order valence-electron chi connectivity index (χ2n) is 6.13. The summed E-state index contributed by atoms with van der Waals surface area (Å²) in [5.74, 6) is 0.947.